The summed E-state index contributed by atoms with van der Waals surface area (Å²) < 4.78 is 23.0. The fraction of sp³-hybridized carbons (Fsp3) is 0.833. The third-order valence-electron chi connectivity index (χ3n) is 3.41. The van der Waals surface area contributed by atoms with E-state index in [1.165, 1.54) is 0 Å². The second kappa shape index (κ2) is 7.90. The van der Waals surface area contributed by atoms with E-state index in [1.807, 2.05) is 4.90 Å². The van der Waals surface area contributed by atoms with Crippen LogP contribution in [0.5, 0.6) is 0 Å². The van der Waals surface area contributed by atoms with Crippen LogP contribution in [0.2, 0.25) is 0 Å². The monoisotopic (exact) mass is 321 g/mol. The molecule has 0 bridgehead atoms. The van der Waals surface area contributed by atoms with Gasteiger partial charge in [-0.1, -0.05) is 12.2 Å². The molecular weight excluding hydrogens is 298 g/mol. The highest BCUT2D eigenvalue weighted by Crippen LogP contribution is 2.06. The van der Waals surface area contributed by atoms with E-state index >= 15 is 0 Å². The summed E-state index contributed by atoms with van der Waals surface area (Å²) in [6, 6.07) is 0. The highest BCUT2D eigenvalue weighted by Gasteiger charge is 2.19. The van der Waals surface area contributed by atoms with Crippen molar-refractivity contribution in [2.75, 3.05) is 44.7 Å². The number of amides is 1. The van der Waals surface area contributed by atoms with Gasteiger partial charge in [0.25, 0.3) is 0 Å². The minimum atomic E-state index is -2.89. The minimum Gasteiger partial charge on any atom is -0.393 e. The van der Waals surface area contributed by atoms with Crippen molar-refractivity contribution >= 4 is 33.0 Å². The Hall–Kier alpha value is -0.730. The summed E-state index contributed by atoms with van der Waals surface area (Å²) >= 11 is 4.78. The second-order valence-corrected chi connectivity index (χ2v) is 7.96. The molecule has 0 spiro atoms. The summed E-state index contributed by atoms with van der Waals surface area (Å²) in [4.78, 5) is 16.0. The molecule has 116 valence electrons. The Kier molecular flexibility index (Phi) is 6.84. The molecule has 0 aromatic carbocycles. The number of thiocarbonyl (C=S) groups is 1. The molecule has 0 atom stereocenters. The number of rotatable bonds is 6. The van der Waals surface area contributed by atoms with Crippen LogP contribution in [0.25, 0.3) is 0 Å². The van der Waals surface area contributed by atoms with E-state index in [4.69, 9.17) is 18.0 Å². The molecule has 1 fully saturated rings. The maximum atomic E-state index is 11.9. The largest absolute Gasteiger partial charge is 0.393 e. The molecule has 0 aromatic heterocycles. The van der Waals surface area contributed by atoms with Crippen LogP contribution in [0, 0.1) is 0 Å². The average Bonchev–Trinajstić information content (AvgIpc) is 2.54. The van der Waals surface area contributed by atoms with Gasteiger partial charge in [0.05, 0.1) is 16.5 Å². The molecule has 2 N–H and O–H groups in total. The molecular formula is C12H23N3O3S2. The quantitative estimate of drug-likeness (QED) is 0.672. The molecule has 20 heavy (non-hydrogen) atoms. The molecule has 0 unspecified atom stereocenters. The Morgan fingerprint density at radius 2 is 2.00 bits per heavy atom. The second-order valence-electron chi connectivity index (χ2n) is 5.13. The molecule has 1 aliphatic heterocycles. The molecule has 0 saturated carbocycles. The molecule has 0 radical (unpaired) electrons. The maximum absolute atomic E-state index is 11.9. The van der Waals surface area contributed by atoms with Gasteiger partial charge >= 0.3 is 0 Å². The fourth-order valence-corrected chi connectivity index (χ4v) is 3.46. The molecule has 1 amide bonds. The number of sulfone groups is 1. The van der Waals surface area contributed by atoms with Crippen LogP contribution >= 0.6 is 12.2 Å². The molecule has 0 aliphatic carbocycles. The molecule has 1 heterocycles. The average molecular weight is 321 g/mol. The van der Waals surface area contributed by atoms with Crippen LogP contribution in [0.4, 0.5) is 0 Å². The lowest BCUT2D eigenvalue weighted by atomic mass is 10.3. The third-order valence-corrected chi connectivity index (χ3v) is 5.33. The Morgan fingerprint density at radius 1 is 1.30 bits per heavy atom. The third kappa shape index (κ3) is 6.62. The van der Waals surface area contributed by atoms with E-state index in [0.29, 0.717) is 43.9 Å². The van der Waals surface area contributed by atoms with Crippen LogP contribution in [0.3, 0.4) is 0 Å². The number of hydrogen-bond donors (Lipinski definition) is 1. The molecule has 8 heteroatoms. The zero-order valence-corrected chi connectivity index (χ0v) is 13.5. The predicted molar refractivity (Wildman–Crippen MR) is 83.4 cm³/mol. The molecule has 1 saturated heterocycles. The first-order valence-electron chi connectivity index (χ1n) is 6.75. The predicted octanol–water partition coefficient (Wildman–Crippen LogP) is -0.368. The van der Waals surface area contributed by atoms with Crippen molar-refractivity contribution in [3.8, 4) is 0 Å². The first-order valence-corrected chi connectivity index (χ1v) is 8.98. The summed E-state index contributed by atoms with van der Waals surface area (Å²) in [5.74, 6) is 0.484. The van der Waals surface area contributed by atoms with Gasteiger partial charge < -0.3 is 15.5 Å². The van der Waals surface area contributed by atoms with E-state index in [1.54, 1.807) is 11.9 Å². The van der Waals surface area contributed by atoms with E-state index in [2.05, 4.69) is 0 Å². The summed E-state index contributed by atoms with van der Waals surface area (Å²) in [6.45, 7) is 2.39. The summed E-state index contributed by atoms with van der Waals surface area (Å²) in [7, 11) is -1.16. The highest BCUT2D eigenvalue weighted by molar-refractivity contribution is 7.91. The van der Waals surface area contributed by atoms with Crippen molar-refractivity contribution in [2.24, 2.45) is 5.73 Å². The van der Waals surface area contributed by atoms with Crippen molar-refractivity contribution in [1.29, 1.82) is 0 Å². The normalized spacial score (nSPS) is 19.2. The van der Waals surface area contributed by atoms with E-state index in [-0.39, 0.29) is 17.4 Å². The standard InChI is InChI=1S/C12H23N3O3S2/c1-14(6-3-11(13)19)12(16)4-7-15-5-2-9-20(17,18)10-8-15/h2-10H2,1H3,(H2,13,19). The van der Waals surface area contributed by atoms with Crippen LogP contribution in [-0.4, -0.2) is 73.8 Å². The SMILES string of the molecule is CN(CCC(N)=S)C(=O)CCN1CCCS(=O)(=O)CC1. The number of nitrogens with two attached hydrogens (primary N) is 1. The van der Waals surface area contributed by atoms with Gasteiger partial charge in [-0.2, -0.15) is 0 Å². The van der Waals surface area contributed by atoms with Gasteiger partial charge in [-0.15, -0.1) is 0 Å². The number of nitrogens with zero attached hydrogens (tertiary/aromatic N) is 2. The molecule has 1 aliphatic rings. The smallest absolute Gasteiger partial charge is 0.223 e. The minimum absolute atomic E-state index is 0.0355. The lowest BCUT2D eigenvalue weighted by Crippen LogP contribution is -2.35. The summed E-state index contributed by atoms with van der Waals surface area (Å²) in [5.41, 5.74) is 5.40. The lowest BCUT2D eigenvalue weighted by Gasteiger charge is -2.21. The summed E-state index contributed by atoms with van der Waals surface area (Å²) in [5, 5.41) is 0. The Bertz CT molecular complexity index is 451. The number of hydrogen-bond acceptors (Lipinski definition) is 5. The first kappa shape index (κ1) is 17.3. The molecule has 0 aromatic rings. The molecule has 1 rings (SSSR count). The van der Waals surface area contributed by atoms with Gasteiger partial charge in [0.15, 0.2) is 9.84 Å². The van der Waals surface area contributed by atoms with Gasteiger partial charge in [0.1, 0.15) is 0 Å². The van der Waals surface area contributed by atoms with Crippen LogP contribution in [0.15, 0.2) is 0 Å². The van der Waals surface area contributed by atoms with Crippen LogP contribution in [0.1, 0.15) is 19.3 Å². The van der Waals surface area contributed by atoms with Crippen LogP contribution in [-0.2, 0) is 14.6 Å². The zero-order valence-electron chi connectivity index (χ0n) is 11.9. The topological polar surface area (TPSA) is 83.7 Å². The van der Waals surface area contributed by atoms with Crippen molar-refractivity contribution in [2.45, 2.75) is 19.3 Å². The first-order chi connectivity index (χ1) is 9.30. The van der Waals surface area contributed by atoms with Gasteiger partial charge in [0.2, 0.25) is 5.91 Å². The van der Waals surface area contributed by atoms with Gasteiger partial charge in [0, 0.05) is 39.5 Å². The highest BCUT2D eigenvalue weighted by atomic mass is 32.2. The summed E-state index contributed by atoms with van der Waals surface area (Å²) in [6.07, 6.45) is 1.57. The van der Waals surface area contributed by atoms with Gasteiger partial charge in [-0.25, -0.2) is 8.42 Å². The number of carbonyl (C=O) groups excluding carboxylic acids is 1. The fourth-order valence-electron chi connectivity index (χ4n) is 2.06. The van der Waals surface area contributed by atoms with Crippen molar-refractivity contribution in [1.82, 2.24) is 9.80 Å². The van der Waals surface area contributed by atoms with E-state index < -0.39 is 9.84 Å². The Labute approximate surface area is 126 Å². The Balaban J connectivity index is 2.31. The van der Waals surface area contributed by atoms with Crippen molar-refractivity contribution in [3.63, 3.8) is 0 Å². The van der Waals surface area contributed by atoms with Gasteiger partial charge in [-0.3, -0.25) is 4.79 Å². The molecule has 6 nitrogen and oxygen atoms in total. The lowest BCUT2D eigenvalue weighted by molar-refractivity contribution is -0.130. The van der Waals surface area contributed by atoms with Crippen molar-refractivity contribution in [3.05, 3.63) is 0 Å². The van der Waals surface area contributed by atoms with Gasteiger partial charge in [-0.05, 0) is 13.0 Å². The zero-order chi connectivity index (χ0) is 15.2. The van der Waals surface area contributed by atoms with E-state index in [0.717, 1.165) is 6.54 Å². The maximum Gasteiger partial charge on any atom is 0.223 e. The van der Waals surface area contributed by atoms with E-state index in [9.17, 15) is 13.2 Å². The number of carbonyl (C=O) groups is 1. The van der Waals surface area contributed by atoms with Crippen molar-refractivity contribution < 1.29 is 13.2 Å². The van der Waals surface area contributed by atoms with Crippen LogP contribution < -0.4 is 5.73 Å². The Morgan fingerprint density at radius 3 is 2.65 bits per heavy atom.